The summed E-state index contributed by atoms with van der Waals surface area (Å²) < 4.78 is 0. The largest absolute Gasteiger partial charge is 0.465 e. The Hall–Kier alpha value is -2.69. The van der Waals surface area contributed by atoms with Crippen molar-refractivity contribution in [3.05, 3.63) is 11.1 Å². The smallest absolute Gasteiger partial charge is 0.414 e. The number of nitrogens with zero attached hydrogens (tertiary/aromatic N) is 3. The van der Waals surface area contributed by atoms with E-state index < -0.39 is 30.0 Å². The molecular weight excluding hydrogens is 314 g/mol. The maximum atomic E-state index is 12.2. The fourth-order valence-electron chi connectivity index (χ4n) is 1.98. The molecule has 1 aliphatic heterocycles. The normalized spacial score (nSPS) is 21.3. The summed E-state index contributed by atoms with van der Waals surface area (Å²) in [5.74, 6) is -1.41. The summed E-state index contributed by atoms with van der Waals surface area (Å²) in [5, 5.41) is 16.6. The van der Waals surface area contributed by atoms with E-state index in [-0.39, 0.29) is 16.5 Å². The van der Waals surface area contributed by atoms with Crippen molar-refractivity contribution in [1.29, 1.82) is 0 Å². The predicted octanol–water partition coefficient (Wildman–Crippen LogP) is -0.531. The number of oxime groups is 1. The second-order valence-corrected chi connectivity index (χ2v) is 5.27. The lowest BCUT2D eigenvalue weighted by atomic mass is 9.97. The zero-order valence-electron chi connectivity index (χ0n) is 11.6. The molecule has 0 radical (unpaired) electrons. The molecule has 22 heavy (non-hydrogen) atoms. The molecule has 2 atom stereocenters. The molecule has 0 unspecified atom stereocenters. The van der Waals surface area contributed by atoms with Gasteiger partial charge in [0, 0.05) is 5.38 Å². The average Bonchev–Trinajstić information content (AvgIpc) is 2.88. The van der Waals surface area contributed by atoms with E-state index in [0.29, 0.717) is 4.90 Å². The Labute approximate surface area is 128 Å². The highest BCUT2D eigenvalue weighted by atomic mass is 32.1. The van der Waals surface area contributed by atoms with Gasteiger partial charge >= 0.3 is 6.09 Å². The van der Waals surface area contributed by atoms with Crippen LogP contribution in [0.5, 0.6) is 0 Å². The van der Waals surface area contributed by atoms with Gasteiger partial charge < -0.3 is 21.0 Å². The first-order valence-electron chi connectivity index (χ1n) is 6.06. The Kier molecular flexibility index (Phi) is 4.26. The molecule has 0 aromatic carbocycles. The number of β-lactam (4-membered cyclic amide) rings is 1. The van der Waals surface area contributed by atoms with Gasteiger partial charge in [-0.15, -0.1) is 11.3 Å². The van der Waals surface area contributed by atoms with E-state index in [4.69, 9.17) is 10.8 Å². The zero-order chi connectivity index (χ0) is 16.4. The minimum Gasteiger partial charge on any atom is -0.465 e. The maximum Gasteiger partial charge on any atom is 0.414 e. The molecule has 0 spiro atoms. The third-order valence-electron chi connectivity index (χ3n) is 3.05. The lowest BCUT2D eigenvalue weighted by molar-refractivity contribution is -0.147. The lowest BCUT2D eigenvalue weighted by Crippen LogP contribution is -2.71. The number of hydrogen-bond donors (Lipinski definition) is 3. The van der Waals surface area contributed by atoms with E-state index in [1.165, 1.54) is 19.4 Å². The number of carbonyl (C=O) groups is 3. The first-order valence-corrected chi connectivity index (χ1v) is 6.94. The van der Waals surface area contributed by atoms with Crippen LogP contribution in [0.15, 0.2) is 10.5 Å². The van der Waals surface area contributed by atoms with Crippen molar-refractivity contribution in [3.63, 3.8) is 0 Å². The highest BCUT2D eigenvalue weighted by Crippen LogP contribution is 2.20. The van der Waals surface area contributed by atoms with Crippen LogP contribution in [0.2, 0.25) is 0 Å². The monoisotopic (exact) mass is 327 g/mol. The van der Waals surface area contributed by atoms with E-state index in [1.54, 1.807) is 0 Å². The number of nitrogen functional groups attached to an aromatic ring is 1. The molecule has 11 heteroatoms. The summed E-state index contributed by atoms with van der Waals surface area (Å²) in [5.41, 5.74) is 5.56. The lowest BCUT2D eigenvalue weighted by Gasteiger charge is -2.41. The molecule has 0 aliphatic carbocycles. The predicted molar refractivity (Wildman–Crippen MR) is 76.3 cm³/mol. The number of hydrogen-bond acceptors (Lipinski definition) is 8. The highest BCUT2D eigenvalue weighted by molar-refractivity contribution is 7.13. The number of aromatic nitrogens is 1. The Morgan fingerprint density at radius 2 is 2.27 bits per heavy atom. The summed E-state index contributed by atoms with van der Waals surface area (Å²) >= 11 is 1.12. The SMILES string of the molecule is CO/N=C(\C(=O)N[C@@H]1C(=O)N(C(=O)O)[C@H]1C)c1csc(N)n1. The number of carboxylic acid groups (broad SMARTS) is 1. The van der Waals surface area contributed by atoms with Gasteiger partial charge in [0.1, 0.15) is 18.8 Å². The molecule has 1 aliphatic rings. The number of imide groups is 1. The van der Waals surface area contributed by atoms with Crippen LogP contribution in [0.4, 0.5) is 9.93 Å². The quantitative estimate of drug-likeness (QED) is 0.382. The maximum absolute atomic E-state index is 12.2. The van der Waals surface area contributed by atoms with Gasteiger partial charge in [0.2, 0.25) is 0 Å². The van der Waals surface area contributed by atoms with Gasteiger partial charge in [-0.3, -0.25) is 9.59 Å². The van der Waals surface area contributed by atoms with Crippen LogP contribution >= 0.6 is 11.3 Å². The zero-order valence-corrected chi connectivity index (χ0v) is 12.5. The van der Waals surface area contributed by atoms with E-state index in [0.717, 1.165) is 11.3 Å². The molecule has 1 aromatic rings. The molecule has 4 N–H and O–H groups in total. The van der Waals surface area contributed by atoms with Crippen LogP contribution in [-0.4, -0.2) is 57.8 Å². The molecule has 1 fully saturated rings. The molecule has 2 heterocycles. The summed E-state index contributed by atoms with van der Waals surface area (Å²) in [6.45, 7) is 1.51. The van der Waals surface area contributed by atoms with Gasteiger partial charge in [-0.25, -0.2) is 14.7 Å². The van der Waals surface area contributed by atoms with Crippen LogP contribution in [-0.2, 0) is 14.4 Å². The summed E-state index contributed by atoms with van der Waals surface area (Å²) in [6, 6.07) is -1.61. The molecule has 1 aromatic heterocycles. The average molecular weight is 327 g/mol. The molecule has 1 saturated heterocycles. The van der Waals surface area contributed by atoms with Crippen molar-refractivity contribution in [3.8, 4) is 0 Å². The van der Waals surface area contributed by atoms with E-state index >= 15 is 0 Å². The number of rotatable bonds is 4. The number of nitrogens with two attached hydrogens (primary N) is 1. The Balaban J connectivity index is 2.12. The highest BCUT2D eigenvalue weighted by Gasteiger charge is 2.49. The van der Waals surface area contributed by atoms with Crippen LogP contribution in [0, 0.1) is 0 Å². The fraction of sp³-hybridized carbons (Fsp3) is 0.364. The first-order chi connectivity index (χ1) is 10.4. The molecule has 0 saturated carbocycles. The van der Waals surface area contributed by atoms with Gasteiger partial charge in [-0.1, -0.05) is 5.16 Å². The van der Waals surface area contributed by atoms with Gasteiger partial charge in [0.25, 0.3) is 11.8 Å². The van der Waals surface area contributed by atoms with E-state index in [1.807, 2.05) is 0 Å². The van der Waals surface area contributed by atoms with E-state index in [2.05, 4.69) is 20.3 Å². The van der Waals surface area contributed by atoms with Gasteiger partial charge in [-0.2, -0.15) is 0 Å². The van der Waals surface area contributed by atoms with Crippen molar-refractivity contribution in [1.82, 2.24) is 15.2 Å². The number of nitrogens with one attached hydrogen (secondary N) is 1. The van der Waals surface area contributed by atoms with Crippen LogP contribution in [0.3, 0.4) is 0 Å². The second-order valence-electron chi connectivity index (χ2n) is 4.38. The minimum absolute atomic E-state index is 0.149. The minimum atomic E-state index is -1.36. The topological polar surface area (TPSA) is 147 Å². The molecule has 118 valence electrons. The Morgan fingerprint density at radius 1 is 1.59 bits per heavy atom. The Bertz CT molecular complexity index is 657. The molecule has 2 rings (SSSR count). The van der Waals surface area contributed by atoms with Gasteiger partial charge in [0.05, 0.1) is 6.04 Å². The number of anilines is 1. The molecule has 10 nitrogen and oxygen atoms in total. The van der Waals surface area contributed by atoms with Crippen LogP contribution in [0.25, 0.3) is 0 Å². The van der Waals surface area contributed by atoms with Crippen LogP contribution in [0.1, 0.15) is 12.6 Å². The number of carbonyl (C=O) groups excluding carboxylic acids is 2. The van der Waals surface area contributed by atoms with Crippen LogP contribution < -0.4 is 11.1 Å². The van der Waals surface area contributed by atoms with Gasteiger partial charge in [-0.05, 0) is 6.92 Å². The van der Waals surface area contributed by atoms with Crippen molar-refractivity contribution >= 4 is 40.1 Å². The summed E-state index contributed by atoms with van der Waals surface area (Å²) in [7, 11) is 1.26. The second kappa shape index (κ2) is 5.97. The van der Waals surface area contributed by atoms with Crippen molar-refractivity contribution in [2.45, 2.75) is 19.0 Å². The van der Waals surface area contributed by atoms with E-state index in [9.17, 15) is 14.4 Å². The molecular formula is C11H13N5O5S. The number of amides is 3. The van der Waals surface area contributed by atoms with Crippen molar-refractivity contribution in [2.24, 2.45) is 5.16 Å². The first kappa shape index (κ1) is 15.7. The fourth-order valence-corrected chi connectivity index (χ4v) is 2.52. The third-order valence-corrected chi connectivity index (χ3v) is 3.72. The third kappa shape index (κ3) is 2.70. The van der Waals surface area contributed by atoms with Gasteiger partial charge in [0.15, 0.2) is 10.8 Å². The number of likely N-dealkylation sites (tertiary alicyclic amines) is 1. The van der Waals surface area contributed by atoms with Crippen molar-refractivity contribution < 1.29 is 24.3 Å². The molecule has 0 bridgehead atoms. The molecule has 3 amide bonds. The standard InChI is InChI=1S/C11H13N5O5S/c1-4-6(9(18)16(4)11(19)20)14-8(17)7(15-21-2)5-3-22-10(12)13-5/h3-4,6H,1-2H3,(H2,12,13)(H,14,17)(H,19,20)/b15-7-/t4-,6-/m0/s1. The summed E-state index contributed by atoms with van der Waals surface area (Å²) in [4.78, 5) is 43.9. The summed E-state index contributed by atoms with van der Waals surface area (Å²) in [6.07, 6.45) is -1.36. The number of thiazole rings is 1. The van der Waals surface area contributed by atoms with Crippen molar-refractivity contribution in [2.75, 3.05) is 12.8 Å². The Morgan fingerprint density at radius 3 is 2.73 bits per heavy atom.